The second-order valence-corrected chi connectivity index (χ2v) is 8.09. The van der Waals surface area contributed by atoms with Gasteiger partial charge >= 0.3 is 0 Å². The summed E-state index contributed by atoms with van der Waals surface area (Å²) in [6.07, 6.45) is 0.797. The highest BCUT2D eigenvalue weighted by atomic mass is 35.5. The van der Waals surface area contributed by atoms with Crippen LogP contribution in [0.3, 0.4) is 0 Å². The van der Waals surface area contributed by atoms with E-state index in [0.29, 0.717) is 24.2 Å². The Hall–Kier alpha value is -3.36. The predicted octanol–water partition coefficient (Wildman–Crippen LogP) is 3.75. The lowest BCUT2D eigenvalue weighted by Gasteiger charge is -2.36. The number of pyridine rings is 1. The zero-order valence-electron chi connectivity index (χ0n) is 17.3. The molecular formula is C23H22ClFN4O3. The molecule has 0 spiro atoms. The van der Waals surface area contributed by atoms with Crippen molar-refractivity contribution in [2.24, 2.45) is 5.73 Å². The topological polar surface area (TPSA) is 115 Å². The number of hydrogen-bond acceptors (Lipinski definition) is 6. The van der Waals surface area contributed by atoms with Crippen LogP contribution in [0.5, 0.6) is 11.5 Å². The van der Waals surface area contributed by atoms with E-state index in [1.54, 1.807) is 36.2 Å². The number of nitrogen functional groups attached to an aromatic ring is 1. The number of amides is 1. The number of aromatic nitrogens is 1. The molecule has 32 heavy (non-hydrogen) atoms. The molecule has 1 saturated heterocycles. The molecular weight excluding hydrogens is 435 g/mol. The first-order valence-corrected chi connectivity index (χ1v) is 10.4. The summed E-state index contributed by atoms with van der Waals surface area (Å²) in [4.78, 5) is 18.3. The van der Waals surface area contributed by atoms with Gasteiger partial charge < -0.3 is 26.2 Å². The number of benzene rings is 2. The van der Waals surface area contributed by atoms with Crippen molar-refractivity contribution in [1.82, 2.24) is 9.88 Å². The van der Waals surface area contributed by atoms with Crippen LogP contribution < -0.4 is 16.2 Å². The maximum atomic E-state index is 13.8. The molecule has 2 aromatic carbocycles. The molecule has 1 fully saturated rings. The maximum absolute atomic E-state index is 13.8. The van der Waals surface area contributed by atoms with Crippen LogP contribution in [-0.2, 0) is 0 Å². The lowest BCUT2D eigenvalue weighted by molar-refractivity contribution is 0.0608. The molecule has 1 aliphatic heterocycles. The first-order chi connectivity index (χ1) is 15.2. The highest BCUT2D eigenvalue weighted by Crippen LogP contribution is 2.37. The molecule has 0 radical (unpaired) electrons. The van der Waals surface area contributed by atoms with E-state index in [2.05, 4.69) is 4.98 Å². The molecule has 4 rings (SSSR count). The van der Waals surface area contributed by atoms with E-state index >= 15 is 0 Å². The zero-order chi connectivity index (χ0) is 23.0. The molecule has 5 N–H and O–H groups in total. The molecule has 0 saturated carbocycles. The van der Waals surface area contributed by atoms with Crippen LogP contribution in [0.2, 0.25) is 5.02 Å². The quantitative estimate of drug-likeness (QED) is 0.538. The van der Waals surface area contributed by atoms with Gasteiger partial charge in [-0.25, -0.2) is 9.37 Å². The largest absolute Gasteiger partial charge is 0.507 e. The summed E-state index contributed by atoms with van der Waals surface area (Å²) in [5.41, 5.74) is 13.9. The Morgan fingerprint density at radius 2 is 1.94 bits per heavy atom. The average molecular weight is 457 g/mol. The standard InChI is InChI=1S/C23H22ClFN4O3/c1-12(20-18(30)7-6-17(25)21(20)24)32-19-8-15(9-28-22(19)27)13-2-4-14(5-3-13)23(31)29-10-16(26)11-29/h2-9,12,16,30H,10-11,26H2,1H3,(H2,27,28). The fourth-order valence-electron chi connectivity index (χ4n) is 3.57. The Kier molecular flexibility index (Phi) is 5.90. The Balaban J connectivity index is 1.55. The fourth-order valence-corrected chi connectivity index (χ4v) is 3.88. The second-order valence-electron chi connectivity index (χ2n) is 7.71. The fraction of sp³-hybridized carbons (Fsp3) is 0.217. The number of rotatable bonds is 5. The van der Waals surface area contributed by atoms with E-state index in [-0.39, 0.29) is 39.9 Å². The summed E-state index contributed by atoms with van der Waals surface area (Å²) < 4.78 is 19.7. The van der Waals surface area contributed by atoms with Gasteiger partial charge in [-0.05, 0) is 42.8 Å². The van der Waals surface area contributed by atoms with E-state index in [0.717, 1.165) is 11.6 Å². The van der Waals surface area contributed by atoms with Crippen LogP contribution in [0.4, 0.5) is 10.2 Å². The second kappa shape index (κ2) is 8.64. The van der Waals surface area contributed by atoms with Gasteiger partial charge in [0.1, 0.15) is 17.7 Å². The van der Waals surface area contributed by atoms with Gasteiger partial charge in [-0.3, -0.25) is 4.79 Å². The molecule has 2 heterocycles. The van der Waals surface area contributed by atoms with Crippen LogP contribution >= 0.6 is 11.6 Å². The predicted molar refractivity (Wildman–Crippen MR) is 120 cm³/mol. The minimum atomic E-state index is -0.791. The van der Waals surface area contributed by atoms with Crippen LogP contribution in [0.1, 0.15) is 28.9 Å². The minimum Gasteiger partial charge on any atom is -0.507 e. The number of phenols is 1. The number of phenolic OH excluding ortho intramolecular Hbond substituents is 1. The van der Waals surface area contributed by atoms with Crippen LogP contribution in [0.25, 0.3) is 11.1 Å². The molecule has 3 aromatic rings. The number of nitrogens with two attached hydrogens (primary N) is 2. The third-order valence-corrected chi connectivity index (χ3v) is 5.75. The third-order valence-electron chi connectivity index (χ3n) is 5.36. The van der Waals surface area contributed by atoms with Gasteiger partial charge in [0, 0.05) is 36.5 Å². The van der Waals surface area contributed by atoms with E-state index in [4.69, 9.17) is 27.8 Å². The summed E-state index contributed by atoms with van der Waals surface area (Å²) in [5.74, 6) is -0.518. The van der Waals surface area contributed by atoms with E-state index < -0.39 is 11.9 Å². The molecule has 7 nitrogen and oxygen atoms in total. The number of aromatic hydroxyl groups is 1. The van der Waals surface area contributed by atoms with Crippen LogP contribution in [-0.4, -0.2) is 40.0 Å². The molecule has 1 aromatic heterocycles. The maximum Gasteiger partial charge on any atom is 0.253 e. The van der Waals surface area contributed by atoms with Gasteiger partial charge in [0.15, 0.2) is 11.6 Å². The summed E-state index contributed by atoms with van der Waals surface area (Å²) in [7, 11) is 0. The third kappa shape index (κ3) is 4.19. The number of ether oxygens (including phenoxy) is 1. The van der Waals surface area contributed by atoms with Crippen molar-refractivity contribution < 1.29 is 19.0 Å². The number of anilines is 1. The van der Waals surface area contributed by atoms with Gasteiger partial charge in [-0.1, -0.05) is 23.7 Å². The van der Waals surface area contributed by atoms with Gasteiger partial charge in [0.05, 0.1) is 10.6 Å². The average Bonchev–Trinajstić information content (AvgIpc) is 2.75. The summed E-state index contributed by atoms with van der Waals surface area (Å²) >= 11 is 6.01. The van der Waals surface area contributed by atoms with Gasteiger partial charge in [-0.15, -0.1) is 0 Å². The zero-order valence-corrected chi connectivity index (χ0v) is 18.0. The lowest BCUT2D eigenvalue weighted by Crippen LogP contribution is -2.57. The van der Waals surface area contributed by atoms with E-state index in [9.17, 15) is 14.3 Å². The van der Waals surface area contributed by atoms with Crippen LogP contribution in [0.15, 0.2) is 48.7 Å². The van der Waals surface area contributed by atoms with Gasteiger partial charge in [-0.2, -0.15) is 0 Å². The van der Waals surface area contributed by atoms with Crippen molar-refractivity contribution in [3.05, 3.63) is 70.6 Å². The summed E-state index contributed by atoms with van der Waals surface area (Å²) in [6.45, 7) is 2.74. The van der Waals surface area contributed by atoms with E-state index in [1.807, 2.05) is 12.1 Å². The summed E-state index contributed by atoms with van der Waals surface area (Å²) in [5, 5.41) is 9.88. The van der Waals surface area contributed by atoms with E-state index in [1.165, 1.54) is 6.07 Å². The molecule has 1 aliphatic rings. The molecule has 0 bridgehead atoms. The first-order valence-electron chi connectivity index (χ1n) is 9.99. The van der Waals surface area contributed by atoms with Crippen molar-refractivity contribution in [2.45, 2.75) is 19.1 Å². The number of carbonyl (C=O) groups is 1. The van der Waals surface area contributed by atoms with Gasteiger partial charge in [0.2, 0.25) is 0 Å². The minimum absolute atomic E-state index is 0.0454. The molecule has 166 valence electrons. The van der Waals surface area contributed by atoms with Crippen molar-refractivity contribution in [3.8, 4) is 22.6 Å². The monoisotopic (exact) mass is 456 g/mol. The number of likely N-dealkylation sites (tertiary alicyclic amines) is 1. The van der Waals surface area contributed by atoms with Crippen molar-refractivity contribution >= 4 is 23.3 Å². The van der Waals surface area contributed by atoms with Crippen molar-refractivity contribution in [1.29, 1.82) is 0 Å². The molecule has 0 aliphatic carbocycles. The Morgan fingerprint density at radius 3 is 2.59 bits per heavy atom. The number of nitrogens with zero attached hydrogens (tertiary/aromatic N) is 2. The smallest absolute Gasteiger partial charge is 0.253 e. The Morgan fingerprint density at radius 1 is 1.25 bits per heavy atom. The van der Waals surface area contributed by atoms with Crippen molar-refractivity contribution in [2.75, 3.05) is 18.8 Å². The SMILES string of the molecule is CC(Oc1cc(-c2ccc(C(=O)N3CC(N)C3)cc2)cnc1N)c1c(O)ccc(F)c1Cl. The highest BCUT2D eigenvalue weighted by Gasteiger charge is 2.28. The number of halogens is 2. The summed E-state index contributed by atoms with van der Waals surface area (Å²) in [6, 6.07) is 11.1. The normalized spacial score (nSPS) is 14.7. The molecule has 1 amide bonds. The highest BCUT2D eigenvalue weighted by molar-refractivity contribution is 6.31. The molecule has 1 atom stereocenters. The Bertz CT molecular complexity index is 1170. The Labute approximate surface area is 189 Å². The van der Waals surface area contributed by atoms with Crippen molar-refractivity contribution in [3.63, 3.8) is 0 Å². The lowest BCUT2D eigenvalue weighted by atomic mass is 10.0. The van der Waals surface area contributed by atoms with Crippen LogP contribution in [0, 0.1) is 5.82 Å². The number of hydrogen-bond donors (Lipinski definition) is 3. The molecule has 9 heteroatoms. The number of carbonyl (C=O) groups excluding carboxylic acids is 1. The first kappa shape index (κ1) is 21.9. The molecule has 1 unspecified atom stereocenters. The van der Waals surface area contributed by atoms with Gasteiger partial charge in [0.25, 0.3) is 5.91 Å².